The number of carbonyl (C=O) groups excluding carboxylic acids is 1. The predicted octanol–water partition coefficient (Wildman–Crippen LogP) is 3.28. The van der Waals surface area contributed by atoms with E-state index in [0.717, 1.165) is 19.3 Å². The number of carbonyl (C=O) groups is 1. The molecule has 1 amide bonds. The SMILES string of the molecule is COc1ccc(S(=O)(=O)N2CCCC(C(=O)N(C(C)C)C3CCCC3)C2)cc1. The van der Waals surface area contributed by atoms with Gasteiger partial charge in [-0.25, -0.2) is 8.42 Å². The van der Waals surface area contributed by atoms with Gasteiger partial charge >= 0.3 is 0 Å². The van der Waals surface area contributed by atoms with E-state index in [1.165, 1.54) is 17.1 Å². The zero-order valence-electron chi connectivity index (χ0n) is 17.1. The van der Waals surface area contributed by atoms with Crippen LogP contribution in [-0.2, 0) is 14.8 Å². The summed E-state index contributed by atoms with van der Waals surface area (Å²) in [6.45, 7) is 4.85. The maximum atomic E-state index is 13.3. The first-order chi connectivity index (χ1) is 13.3. The second kappa shape index (κ2) is 8.82. The van der Waals surface area contributed by atoms with Crippen LogP contribution in [0.3, 0.4) is 0 Å². The molecule has 0 bridgehead atoms. The maximum Gasteiger partial charge on any atom is 0.243 e. The molecule has 1 unspecified atom stereocenters. The minimum Gasteiger partial charge on any atom is -0.497 e. The number of amides is 1. The molecule has 0 aromatic heterocycles. The molecule has 1 saturated carbocycles. The molecule has 7 heteroatoms. The van der Waals surface area contributed by atoms with Crippen LogP contribution in [0.1, 0.15) is 52.4 Å². The number of benzene rings is 1. The Morgan fingerprint density at radius 3 is 2.32 bits per heavy atom. The van der Waals surface area contributed by atoms with Crippen molar-refractivity contribution in [1.82, 2.24) is 9.21 Å². The summed E-state index contributed by atoms with van der Waals surface area (Å²) in [5.41, 5.74) is 0. The smallest absolute Gasteiger partial charge is 0.243 e. The van der Waals surface area contributed by atoms with Crippen LogP contribution in [0.5, 0.6) is 5.75 Å². The Bertz CT molecular complexity index is 770. The lowest BCUT2D eigenvalue weighted by Crippen LogP contribution is -2.51. The second-order valence-electron chi connectivity index (χ2n) is 8.16. The number of sulfonamides is 1. The van der Waals surface area contributed by atoms with Crippen LogP contribution < -0.4 is 4.74 Å². The summed E-state index contributed by atoms with van der Waals surface area (Å²) >= 11 is 0. The molecule has 1 aromatic rings. The predicted molar refractivity (Wildman–Crippen MR) is 109 cm³/mol. The number of hydrogen-bond donors (Lipinski definition) is 0. The molecule has 0 N–H and O–H groups in total. The molecule has 1 atom stereocenters. The Labute approximate surface area is 168 Å². The Hall–Kier alpha value is -1.60. The molecule has 2 aliphatic rings. The van der Waals surface area contributed by atoms with Gasteiger partial charge in [-0.1, -0.05) is 12.8 Å². The molecule has 28 heavy (non-hydrogen) atoms. The monoisotopic (exact) mass is 408 g/mol. The van der Waals surface area contributed by atoms with Gasteiger partial charge in [0.1, 0.15) is 5.75 Å². The van der Waals surface area contributed by atoms with Crippen molar-refractivity contribution in [3.8, 4) is 5.75 Å². The van der Waals surface area contributed by atoms with Gasteiger partial charge in [-0.15, -0.1) is 0 Å². The highest BCUT2D eigenvalue weighted by Gasteiger charge is 2.38. The Morgan fingerprint density at radius 2 is 1.75 bits per heavy atom. The van der Waals surface area contributed by atoms with Crippen molar-refractivity contribution in [3.05, 3.63) is 24.3 Å². The van der Waals surface area contributed by atoms with Gasteiger partial charge in [0.05, 0.1) is 17.9 Å². The molecule has 6 nitrogen and oxygen atoms in total. The lowest BCUT2D eigenvalue weighted by atomic mass is 9.96. The van der Waals surface area contributed by atoms with Crippen molar-refractivity contribution in [3.63, 3.8) is 0 Å². The summed E-state index contributed by atoms with van der Waals surface area (Å²) < 4.78 is 32.7. The molecule has 1 aliphatic carbocycles. The van der Waals surface area contributed by atoms with Crippen LogP contribution in [0.25, 0.3) is 0 Å². The van der Waals surface area contributed by atoms with Crippen LogP contribution in [0.4, 0.5) is 0 Å². The van der Waals surface area contributed by atoms with Gasteiger partial charge in [0.15, 0.2) is 0 Å². The summed E-state index contributed by atoms with van der Waals surface area (Å²) in [6.07, 6.45) is 5.93. The number of nitrogens with zero attached hydrogens (tertiary/aromatic N) is 2. The Balaban J connectivity index is 1.75. The first kappa shape index (κ1) is 21.1. The molecule has 1 aliphatic heterocycles. The van der Waals surface area contributed by atoms with E-state index in [2.05, 4.69) is 13.8 Å². The molecule has 3 rings (SSSR count). The number of piperidine rings is 1. The van der Waals surface area contributed by atoms with Gasteiger partial charge in [-0.05, 0) is 63.8 Å². The summed E-state index contributed by atoms with van der Waals surface area (Å²) in [5.74, 6) is 0.482. The van der Waals surface area contributed by atoms with Crippen LogP contribution >= 0.6 is 0 Å². The van der Waals surface area contributed by atoms with E-state index in [9.17, 15) is 13.2 Å². The third kappa shape index (κ3) is 4.35. The Kier molecular flexibility index (Phi) is 6.65. The first-order valence-electron chi connectivity index (χ1n) is 10.3. The minimum absolute atomic E-state index is 0.122. The van der Waals surface area contributed by atoms with Gasteiger partial charge in [-0.3, -0.25) is 4.79 Å². The highest BCUT2D eigenvalue weighted by Crippen LogP contribution is 2.30. The summed E-state index contributed by atoms with van der Waals surface area (Å²) in [6, 6.07) is 6.89. The van der Waals surface area contributed by atoms with Gasteiger partial charge in [0.25, 0.3) is 0 Å². The standard InChI is InChI=1S/C21H32N2O4S/c1-16(2)23(18-8-4-5-9-18)21(24)17-7-6-14-22(15-17)28(25,26)20-12-10-19(27-3)11-13-20/h10-13,16-18H,4-9,14-15H2,1-3H3. The highest BCUT2D eigenvalue weighted by molar-refractivity contribution is 7.89. The van der Waals surface area contributed by atoms with Gasteiger partial charge in [-0.2, -0.15) is 4.31 Å². The van der Waals surface area contributed by atoms with Gasteiger partial charge in [0.2, 0.25) is 15.9 Å². The normalized spacial score (nSPS) is 21.8. The quantitative estimate of drug-likeness (QED) is 0.724. The molecule has 1 saturated heterocycles. The molecule has 156 valence electrons. The van der Waals surface area contributed by atoms with Crippen LogP contribution in [0.2, 0.25) is 0 Å². The molecule has 2 fully saturated rings. The summed E-state index contributed by atoms with van der Waals surface area (Å²) in [7, 11) is -2.06. The van der Waals surface area contributed by atoms with E-state index >= 15 is 0 Å². The van der Waals surface area contributed by atoms with Crippen molar-refractivity contribution in [1.29, 1.82) is 0 Å². The molecule has 1 aromatic carbocycles. The fraction of sp³-hybridized carbons (Fsp3) is 0.667. The van der Waals surface area contributed by atoms with Crippen molar-refractivity contribution in [2.75, 3.05) is 20.2 Å². The summed E-state index contributed by atoms with van der Waals surface area (Å²) in [5, 5.41) is 0. The van der Waals surface area contributed by atoms with Crippen molar-refractivity contribution in [2.24, 2.45) is 5.92 Å². The maximum absolute atomic E-state index is 13.3. The van der Waals surface area contributed by atoms with Crippen LogP contribution in [-0.4, -0.2) is 55.8 Å². The number of rotatable bonds is 6. The number of methoxy groups -OCH3 is 1. The molecule has 0 radical (unpaired) electrons. The van der Waals surface area contributed by atoms with Gasteiger partial charge < -0.3 is 9.64 Å². The third-order valence-corrected chi connectivity index (χ3v) is 7.84. The van der Waals surface area contributed by atoms with Crippen molar-refractivity contribution < 1.29 is 17.9 Å². The van der Waals surface area contributed by atoms with Crippen molar-refractivity contribution in [2.45, 2.75) is 69.4 Å². The fourth-order valence-corrected chi connectivity index (χ4v) is 6.03. The van der Waals surface area contributed by atoms with E-state index in [0.29, 0.717) is 24.8 Å². The molecular formula is C21H32N2O4S. The van der Waals surface area contributed by atoms with E-state index in [-0.39, 0.29) is 29.3 Å². The summed E-state index contributed by atoms with van der Waals surface area (Å²) in [4.78, 5) is 15.6. The third-order valence-electron chi connectivity index (χ3n) is 5.96. The average Bonchev–Trinajstić information content (AvgIpc) is 3.22. The van der Waals surface area contributed by atoms with E-state index in [1.54, 1.807) is 31.4 Å². The van der Waals surface area contributed by atoms with Crippen LogP contribution in [0, 0.1) is 5.92 Å². The largest absolute Gasteiger partial charge is 0.497 e. The van der Waals surface area contributed by atoms with E-state index in [1.807, 2.05) is 4.90 Å². The Morgan fingerprint density at radius 1 is 1.11 bits per heavy atom. The lowest BCUT2D eigenvalue weighted by molar-refractivity contribution is -0.141. The average molecular weight is 409 g/mol. The topological polar surface area (TPSA) is 66.9 Å². The fourth-order valence-electron chi connectivity index (χ4n) is 4.51. The molecule has 1 heterocycles. The zero-order chi connectivity index (χ0) is 20.3. The number of hydrogen-bond acceptors (Lipinski definition) is 4. The second-order valence-corrected chi connectivity index (χ2v) is 10.1. The van der Waals surface area contributed by atoms with E-state index < -0.39 is 10.0 Å². The number of ether oxygens (including phenoxy) is 1. The molecule has 0 spiro atoms. The van der Waals surface area contributed by atoms with Crippen LogP contribution in [0.15, 0.2) is 29.2 Å². The van der Waals surface area contributed by atoms with Crippen molar-refractivity contribution >= 4 is 15.9 Å². The lowest BCUT2D eigenvalue weighted by Gasteiger charge is -2.39. The highest BCUT2D eigenvalue weighted by atomic mass is 32.2. The first-order valence-corrected chi connectivity index (χ1v) is 11.7. The van der Waals surface area contributed by atoms with E-state index in [4.69, 9.17) is 4.74 Å². The zero-order valence-corrected chi connectivity index (χ0v) is 18.0. The van der Waals surface area contributed by atoms with Gasteiger partial charge in [0, 0.05) is 25.2 Å². The minimum atomic E-state index is -3.61. The molecular weight excluding hydrogens is 376 g/mol.